The molecule has 29 heavy (non-hydrogen) atoms. The van der Waals surface area contributed by atoms with Gasteiger partial charge in [-0.15, -0.1) is 0 Å². The molecule has 0 spiro atoms. The van der Waals surface area contributed by atoms with Crippen LogP contribution in [0, 0.1) is 0 Å². The second kappa shape index (κ2) is 13.3. The van der Waals surface area contributed by atoms with E-state index >= 15 is 0 Å². The van der Waals surface area contributed by atoms with E-state index in [1.54, 1.807) is 23.9 Å². The van der Waals surface area contributed by atoms with E-state index in [1.165, 1.54) is 23.9 Å². The summed E-state index contributed by atoms with van der Waals surface area (Å²) >= 11 is 3.05. The summed E-state index contributed by atoms with van der Waals surface area (Å²) in [6.07, 6.45) is 4.64. The molecule has 0 heterocycles. The summed E-state index contributed by atoms with van der Waals surface area (Å²) in [6, 6.07) is 3.45. The number of carbonyl (C=O) groups is 3. The number of aromatic hydroxyl groups is 1. The first-order valence-corrected chi connectivity index (χ1v) is 11.9. The van der Waals surface area contributed by atoms with Crippen molar-refractivity contribution in [3.05, 3.63) is 29.8 Å². The fourth-order valence-corrected chi connectivity index (χ4v) is 3.46. The lowest BCUT2D eigenvalue weighted by Crippen LogP contribution is -2.55. The fraction of sp³-hybridized carbons (Fsp3) is 0.526. The van der Waals surface area contributed by atoms with Crippen molar-refractivity contribution in [2.75, 3.05) is 24.0 Å². The predicted octanol–water partition coefficient (Wildman–Crippen LogP) is 0.822. The maximum Gasteiger partial charge on any atom is 0.326 e. The molecule has 0 saturated carbocycles. The molecule has 1 aromatic carbocycles. The van der Waals surface area contributed by atoms with Gasteiger partial charge in [0.05, 0.1) is 6.04 Å². The van der Waals surface area contributed by atoms with Crippen molar-refractivity contribution >= 4 is 41.3 Å². The first-order chi connectivity index (χ1) is 13.8. The summed E-state index contributed by atoms with van der Waals surface area (Å²) < 4.78 is 0. The van der Waals surface area contributed by atoms with E-state index in [0.717, 1.165) is 0 Å². The number of aliphatic carboxylic acids is 1. The van der Waals surface area contributed by atoms with Crippen LogP contribution < -0.4 is 16.4 Å². The number of benzene rings is 1. The molecule has 8 nitrogen and oxygen atoms in total. The van der Waals surface area contributed by atoms with Crippen LogP contribution in [0.2, 0.25) is 0 Å². The molecular weight excluding hydrogens is 414 g/mol. The summed E-state index contributed by atoms with van der Waals surface area (Å²) in [6.45, 7) is 0. The number of amides is 2. The molecule has 2 amide bonds. The average Bonchev–Trinajstić information content (AvgIpc) is 2.69. The van der Waals surface area contributed by atoms with Gasteiger partial charge in [-0.3, -0.25) is 9.59 Å². The van der Waals surface area contributed by atoms with Crippen LogP contribution in [0.4, 0.5) is 0 Å². The lowest BCUT2D eigenvalue weighted by atomic mass is 10.0. The summed E-state index contributed by atoms with van der Waals surface area (Å²) in [5.74, 6) is -0.809. The lowest BCUT2D eigenvalue weighted by molar-refractivity contribution is -0.142. The van der Waals surface area contributed by atoms with Crippen LogP contribution in [0.3, 0.4) is 0 Å². The molecule has 3 atom stereocenters. The molecule has 0 aliphatic carbocycles. The first kappa shape index (κ1) is 25.1. The number of nitrogens with two attached hydrogens (primary N) is 1. The van der Waals surface area contributed by atoms with Gasteiger partial charge >= 0.3 is 5.97 Å². The number of hydrogen-bond acceptors (Lipinski definition) is 7. The van der Waals surface area contributed by atoms with Crippen molar-refractivity contribution in [2.45, 2.75) is 37.4 Å². The number of carboxylic acids is 1. The highest BCUT2D eigenvalue weighted by Gasteiger charge is 2.28. The Morgan fingerprint density at radius 2 is 1.52 bits per heavy atom. The van der Waals surface area contributed by atoms with Gasteiger partial charge in [0.2, 0.25) is 11.8 Å². The van der Waals surface area contributed by atoms with Crippen molar-refractivity contribution in [3.63, 3.8) is 0 Å². The largest absolute Gasteiger partial charge is 0.508 e. The van der Waals surface area contributed by atoms with Gasteiger partial charge in [0.1, 0.15) is 17.8 Å². The minimum atomic E-state index is -1.13. The predicted molar refractivity (Wildman–Crippen MR) is 117 cm³/mol. The highest BCUT2D eigenvalue weighted by atomic mass is 32.2. The number of thioether (sulfide) groups is 2. The van der Waals surface area contributed by atoms with E-state index in [1.807, 2.05) is 12.5 Å². The third-order valence-corrected chi connectivity index (χ3v) is 5.49. The van der Waals surface area contributed by atoms with Gasteiger partial charge in [-0.25, -0.2) is 4.79 Å². The van der Waals surface area contributed by atoms with E-state index < -0.39 is 35.9 Å². The molecule has 10 heteroatoms. The zero-order chi connectivity index (χ0) is 21.8. The smallest absolute Gasteiger partial charge is 0.326 e. The highest BCUT2D eigenvalue weighted by molar-refractivity contribution is 7.98. The number of rotatable bonds is 13. The second-order valence-electron chi connectivity index (χ2n) is 6.50. The van der Waals surface area contributed by atoms with Gasteiger partial charge in [0, 0.05) is 6.42 Å². The highest BCUT2D eigenvalue weighted by Crippen LogP contribution is 2.12. The Kier molecular flexibility index (Phi) is 11.6. The molecule has 162 valence electrons. The van der Waals surface area contributed by atoms with Crippen LogP contribution in [-0.4, -0.2) is 70.1 Å². The van der Waals surface area contributed by atoms with Gasteiger partial charge in [-0.1, -0.05) is 12.1 Å². The molecule has 1 rings (SSSR count). The van der Waals surface area contributed by atoms with Crippen LogP contribution in [0.1, 0.15) is 18.4 Å². The van der Waals surface area contributed by atoms with Crippen LogP contribution in [0.5, 0.6) is 5.75 Å². The van der Waals surface area contributed by atoms with Gasteiger partial charge in [-0.05, 0) is 54.6 Å². The number of phenols is 1. The van der Waals surface area contributed by atoms with Crippen molar-refractivity contribution < 1.29 is 24.6 Å². The third-order valence-electron chi connectivity index (χ3n) is 4.20. The molecule has 0 radical (unpaired) electrons. The van der Waals surface area contributed by atoms with Crippen molar-refractivity contribution in [1.29, 1.82) is 0 Å². The van der Waals surface area contributed by atoms with Crippen LogP contribution in [-0.2, 0) is 20.8 Å². The second-order valence-corrected chi connectivity index (χ2v) is 8.47. The normalized spacial score (nSPS) is 13.9. The van der Waals surface area contributed by atoms with E-state index in [0.29, 0.717) is 23.5 Å². The Morgan fingerprint density at radius 1 is 0.966 bits per heavy atom. The zero-order valence-electron chi connectivity index (χ0n) is 16.6. The molecule has 0 aliphatic rings. The SMILES string of the molecule is CSCCC(N)C(=O)NC(Cc1ccc(O)cc1)C(=O)NC(CCSC)C(=O)O. The molecule has 0 bridgehead atoms. The third kappa shape index (κ3) is 9.42. The summed E-state index contributed by atoms with van der Waals surface area (Å²) in [5.41, 5.74) is 6.60. The standard InChI is InChI=1S/C19H29N3O5S2/c1-28-9-7-14(20)17(24)22-16(11-12-3-5-13(23)6-4-12)18(25)21-15(19(26)27)8-10-29-2/h3-6,14-16,23H,7-11,20H2,1-2H3,(H,21,25)(H,22,24)(H,26,27). The number of nitrogens with one attached hydrogen (secondary N) is 2. The molecule has 3 unspecified atom stereocenters. The quantitative estimate of drug-likeness (QED) is 0.302. The molecule has 6 N–H and O–H groups in total. The van der Waals surface area contributed by atoms with Crippen LogP contribution >= 0.6 is 23.5 Å². The number of carbonyl (C=O) groups excluding carboxylic acids is 2. The van der Waals surface area contributed by atoms with Crippen LogP contribution in [0.25, 0.3) is 0 Å². The molecule has 0 saturated heterocycles. The van der Waals surface area contributed by atoms with Gasteiger partial charge in [0.15, 0.2) is 0 Å². The first-order valence-electron chi connectivity index (χ1n) is 9.13. The fourth-order valence-electron chi connectivity index (χ4n) is 2.50. The Balaban J connectivity index is 2.92. The van der Waals surface area contributed by atoms with Crippen molar-refractivity contribution in [1.82, 2.24) is 10.6 Å². The maximum absolute atomic E-state index is 12.8. The monoisotopic (exact) mass is 443 g/mol. The molecule has 0 aliphatic heterocycles. The number of phenolic OH excluding ortho intramolecular Hbond substituents is 1. The molecule has 0 aromatic heterocycles. The summed E-state index contributed by atoms with van der Waals surface area (Å²) in [7, 11) is 0. The molecular formula is C19H29N3O5S2. The number of carboxylic acid groups (broad SMARTS) is 1. The Labute approximate surface area is 179 Å². The minimum Gasteiger partial charge on any atom is -0.508 e. The maximum atomic E-state index is 12.8. The lowest BCUT2D eigenvalue weighted by Gasteiger charge is -2.23. The molecule has 1 aromatic rings. The molecule has 0 fully saturated rings. The zero-order valence-corrected chi connectivity index (χ0v) is 18.2. The summed E-state index contributed by atoms with van der Waals surface area (Å²) in [4.78, 5) is 36.6. The van der Waals surface area contributed by atoms with E-state index in [2.05, 4.69) is 10.6 Å². The van der Waals surface area contributed by atoms with E-state index in [4.69, 9.17) is 5.73 Å². The van der Waals surface area contributed by atoms with E-state index in [9.17, 15) is 24.6 Å². The number of hydrogen-bond donors (Lipinski definition) is 5. The van der Waals surface area contributed by atoms with Gasteiger partial charge in [0.25, 0.3) is 0 Å². The van der Waals surface area contributed by atoms with Crippen molar-refractivity contribution in [2.24, 2.45) is 5.73 Å². The Bertz CT molecular complexity index is 672. The van der Waals surface area contributed by atoms with Gasteiger partial charge < -0.3 is 26.6 Å². The van der Waals surface area contributed by atoms with E-state index in [-0.39, 0.29) is 18.6 Å². The minimum absolute atomic E-state index is 0.0841. The van der Waals surface area contributed by atoms with Crippen LogP contribution in [0.15, 0.2) is 24.3 Å². The topological polar surface area (TPSA) is 142 Å². The Morgan fingerprint density at radius 3 is 2.07 bits per heavy atom. The van der Waals surface area contributed by atoms with Gasteiger partial charge in [-0.2, -0.15) is 23.5 Å². The van der Waals surface area contributed by atoms with Crippen molar-refractivity contribution in [3.8, 4) is 5.75 Å². The Hall–Kier alpha value is -1.91. The average molecular weight is 444 g/mol. The summed E-state index contributed by atoms with van der Waals surface area (Å²) in [5, 5.41) is 23.9.